The molecule has 1 radical (unpaired) electrons. The number of hydrogen-bond donors (Lipinski definition) is 5. The number of aromatic nitrogens is 6. The quantitative estimate of drug-likeness (QED) is 0.00783. The molecule has 6 aromatic heterocycles. The number of nitrogen functional groups attached to an aromatic ring is 1. The number of carbonyl (C=O) groups excluding carboxylic acids is 1. The van der Waals surface area contributed by atoms with E-state index in [9.17, 15) is 14.9 Å². The number of aliphatic imine (C=N–C) groups is 1. The van der Waals surface area contributed by atoms with Crippen LogP contribution in [0.4, 0.5) is 33.0 Å². The molecule has 16 rings (SSSR count). The number of nitrogens with zero attached hydrogens (tertiary/aromatic N) is 14. The van der Waals surface area contributed by atoms with E-state index in [1.807, 2.05) is 36.4 Å². The molecule has 11 aromatic rings. The van der Waals surface area contributed by atoms with Crippen LogP contribution >= 0.6 is 34.0 Å². The Hall–Kier alpha value is -10.3. The van der Waals surface area contributed by atoms with Gasteiger partial charge in [0, 0.05) is 234 Å². The second kappa shape index (κ2) is 63.1. The number of benzene rings is 5. The predicted molar refractivity (Wildman–Crippen MR) is 537 cm³/mol. The Morgan fingerprint density at radius 2 is 0.859 bits per heavy atom. The summed E-state index contributed by atoms with van der Waals surface area (Å²) in [6.07, 6.45) is 10.5. The molecule has 6 N–H and O–H groups in total. The number of aryl methyl sites for hydroxylation is 1. The Labute approximate surface area is 891 Å². The molecule has 0 amide bonds. The fourth-order valence-electron chi connectivity index (χ4n) is 15.0. The Balaban J connectivity index is 0.000000242. The van der Waals surface area contributed by atoms with E-state index in [0.29, 0.717) is 157 Å². The van der Waals surface area contributed by atoms with Gasteiger partial charge in [-0.3, -0.25) is 34.5 Å². The van der Waals surface area contributed by atoms with Crippen LogP contribution in [-0.2, 0) is 72.8 Å². The summed E-state index contributed by atoms with van der Waals surface area (Å²) >= 11 is 4.09. The maximum absolute atomic E-state index is 12.0. The van der Waals surface area contributed by atoms with Crippen molar-refractivity contribution in [3.8, 4) is 74.6 Å². The van der Waals surface area contributed by atoms with Gasteiger partial charge in [-0.1, -0.05) is 7.43 Å². The molecule has 0 atom stereocenters. The van der Waals surface area contributed by atoms with Crippen LogP contribution in [0.3, 0.4) is 0 Å². The van der Waals surface area contributed by atoms with E-state index in [4.69, 9.17) is 102 Å². The Morgan fingerprint density at radius 1 is 0.493 bits per heavy atom. The van der Waals surface area contributed by atoms with E-state index < -0.39 is 5.97 Å². The summed E-state index contributed by atoms with van der Waals surface area (Å²) in [5.41, 5.74) is 9.90. The molecular formula is C98H128N18O20S3UVW. The number of thiophene rings is 3. The zero-order valence-electron chi connectivity index (χ0n) is 80.6. The summed E-state index contributed by atoms with van der Waals surface area (Å²) in [4.78, 5) is 63.1. The first kappa shape index (κ1) is 117. The standard InChI is InChI=1S/C23H28N4O5S.C21H24N4O5S.C21H26N4O3S.C17H23N3O4.C15H21N3O3.CH4.U.V.W.H2/c1-3-31-23(28)20-5-6-21(33-20)27-15-25-17-14-19(18(29-2)13-16(17)22(27)24)32-10-4-7-26-8-11-30-12-9-26;1-28-16-11-14-15(12-17(16)30-8-2-5-25-6-9-29-10-7-25)22-13-23-20(14)24-19-4-3-18(31-19)21(26)27;1-15-4-5-20(29-15)24-21-16-12-18(26-2)19(13-17(16)22-14-23-21)28-9-3-6-25-7-10-27-11-8-25;1-21-13-19-15-11-17(16(22-2)10-14(15)12-18)24-7-3-4-20-5-8-23-9-6-20;1-19-14-9-12(11-16)13(17)10-15(14)21-6-2-3-18-4-7-20-8-5-18;;;;;/h5-6,13-15,24H,3-4,7-12H2,1-2H3;3-4,11-13H,2,5-10H2,1H3,(H,26,27)(H,22,23,24);4-5,12-14H,3,6-11H2,1-2H3,(H,22,23,24);10-11,13H,3-9H2,1-2H3;9-10H,2-8,17H2,1H3;1H4;;;;1H. The first-order valence-corrected chi connectivity index (χ1v) is 48.1. The number of esters is 1. The number of methoxy groups -OCH3 is 6. The number of anilines is 5. The van der Waals surface area contributed by atoms with Gasteiger partial charge >= 0.3 is 11.9 Å². The predicted octanol–water partition coefficient (Wildman–Crippen LogP) is 14.1. The number of ether oxygens (including phenoxy) is 17. The zero-order chi connectivity index (χ0) is 97.2. The minimum atomic E-state index is -0.956. The number of morpholine rings is 5. The van der Waals surface area contributed by atoms with Crippen molar-refractivity contribution in [3.05, 3.63) is 147 Å². The third-order valence-corrected chi connectivity index (χ3v) is 25.3. The fraction of sp³-hybridized carbons (Fsp3) is 0.459. The molecule has 11 heterocycles. The van der Waals surface area contributed by atoms with Crippen LogP contribution in [0.5, 0.6) is 57.5 Å². The van der Waals surface area contributed by atoms with Gasteiger partial charge in [-0.25, -0.2) is 39.5 Å². The molecule has 0 bridgehead atoms. The largest absolute Gasteiger partial charge is 0.493 e. The van der Waals surface area contributed by atoms with Crippen LogP contribution in [-0.4, -0.2) is 324 Å². The van der Waals surface area contributed by atoms with Crippen molar-refractivity contribution in [1.82, 2.24) is 54.0 Å². The van der Waals surface area contributed by atoms with Crippen molar-refractivity contribution in [2.24, 2.45) is 4.99 Å². The number of nitriles is 2. The van der Waals surface area contributed by atoms with E-state index in [0.717, 1.165) is 235 Å². The van der Waals surface area contributed by atoms with Crippen molar-refractivity contribution in [1.29, 1.82) is 15.9 Å². The summed E-state index contributed by atoms with van der Waals surface area (Å²) in [6.45, 7) is 29.7. The molecule has 0 spiro atoms. The van der Waals surface area contributed by atoms with Gasteiger partial charge in [-0.2, -0.15) is 10.5 Å². The van der Waals surface area contributed by atoms with Crippen LogP contribution in [0.1, 0.15) is 83.2 Å². The number of rotatable bonds is 40. The normalized spacial score (nSPS) is 14.4. The molecule has 5 saturated heterocycles. The number of hydrogen-bond acceptors (Lipinski definition) is 39. The minimum Gasteiger partial charge on any atom is -0.493 e. The van der Waals surface area contributed by atoms with E-state index in [2.05, 4.69) is 90.2 Å². The van der Waals surface area contributed by atoms with Gasteiger partial charge in [-0.15, -0.1) is 34.0 Å². The van der Waals surface area contributed by atoms with Crippen LogP contribution in [0.15, 0.2) is 121 Å². The second-order valence-electron chi connectivity index (χ2n) is 31.5. The average molecular weight is 2450 g/mol. The Kier molecular flexibility index (Phi) is 52.0. The van der Waals surface area contributed by atoms with Crippen LogP contribution in [0, 0.1) is 66.1 Å². The first-order chi connectivity index (χ1) is 67.5. The molecular weight excluding hydrogens is 2320 g/mol. The van der Waals surface area contributed by atoms with Crippen molar-refractivity contribution < 1.29 is 167 Å². The number of fused-ring (bicyclic) bond motifs is 3. The molecule has 0 saturated carbocycles. The monoisotopic (exact) mass is 2450 g/mol. The summed E-state index contributed by atoms with van der Waals surface area (Å²) in [7, 11) is 9.43. The Bertz CT molecular complexity index is 5920. The number of aromatic carboxylic acids is 1. The summed E-state index contributed by atoms with van der Waals surface area (Å²) in [5.74, 6) is 5.99. The number of nitrogens with one attached hydrogen (secondary N) is 3. The molecule has 142 heavy (non-hydrogen) atoms. The van der Waals surface area contributed by atoms with Gasteiger partial charge in [0.15, 0.2) is 63.9 Å². The van der Waals surface area contributed by atoms with E-state index in [-0.39, 0.29) is 95.9 Å². The van der Waals surface area contributed by atoms with Crippen LogP contribution < -0.4 is 69.2 Å². The molecule has 0 aliphatic carbocycles. The van der Waals surface area contributed by atoms with Crippen molar-refractivity contribution >= 4 is 118 Å². The summed E-state index contributed by atoms with van der Waals surface area (Å²) < 4.78 is 95.0. The molecule has 763 valence electrons. The van der Waals surface area contributed by atoms with Gasteiger partial charge in [0.25, 0.3) is 0 Å². The fourth-order valence-corrected chi connectivity index (χ4v) is 17.4. The van der Waals surface area contributed by atoms with Gasteiger partial charge in [0.1, 0.15) is 63.0 Å². The van der Waals surface area contributed by atoms with Crippen LogP contribution in [0.2, 0.25) is 0 Å². The molecule has 44 heteroatoms. The average Bonchev–Trinajstić information content (AvgIpc) is 1.77. The third kappa shape index (κ3) is 35.6. The number of carboxylic acids is 1. The van der Waals surface area contributed by atoms with E-state index in [1.54, 1.807) is 126 Å². The molecule has 5 aromatic carbocycles. The van der Waals surface area contributed by atoms with E-state index in [1.165, 1.54) is 36.1 Å². The maximum Gasteiger partial charge on any atom is 0.348 e. The van der Waals surface area contributed by atoms with E-state index >= 15 is 0 Å². The van der Waals surface area contributed by atoms with Gasteiger partial charge in [0.05, 0.1) is 197 Å². The topological polar surface area (TPSA) is 431 Å². The smallest absolute Gasteiger partial charge is 0.348 e. The van der Waals surface area contributed by atoms with Gasteiger partial charge in [-0.05, 0) is 101 Å². The first-order valence-electron chi connectivity index (χ1n) is 45.7. The molecule has 5 fully saturated rings. The minimum absolute atomic E-state index is 0. The SMILES string of the molecule is C.CCOC(=O)c1ccc(-n2cnc3cc(OCCCN4CCOCC4)c(OC)cc3c2=N)s1.COC=Nc1cc(OCCCN2CCOCC2)c(OC)cc1C#N.COc1cc(C#N)c(N)cc1OCCCN1CCOCC1.COc1cc2c(Nc3ccc(C(=O)O)s3)ncnc2cc1OCCCN1CCOCC1.COc1cc2c(Nc3ccc(C)s3)ncnc2cc1OCCCN1CCOCC1.[HH].[U].[V].[W]. The molecule has 38 nitrogen and oxygen atoms in total. The van der Waals surface area contributed by atoms with Crippen molar-refractivity contribution in [3.63, 3.8) is 0 Å². The van der Waals surface area contributed by atoms with Crippen LogP contribution in [0.25, 0.3) is 37.7 Å². The summed E-state index contributed by atoms with van der Waals surface area (Å²) in [6, 6.07) is 32.7. The van der Waals surface area contributed by atoms with Crippen molar-refractivity contribution in [2.45, 2.75) is 53.4 Å². The second-order valence-corrected chi connectivity index (χ2v) is 35.0. The van der Waals surface area contributed by atoms with Crippen molar-refractivity contribution in [2.75, 3.05) is 263 Å². The Morgan fingerprint density at radius 3 is 1.23 bits per heavy atom. The summed E-state index contributed by atoms with van der Waals surface area (Å²) in [5, 5.41) is 47.2. The number of carboxylic acid groups (broad SMARTS) is 1. The number of carbonyl (C=O) groups is 2. The molecule has 5 aliphatic rings. The molecule has 0 unspecified atom stereocenters. The molecule has 5 aliphatic heterocycles. The zero-order valence-corrected chi connectivity index (χ0v) is 91.6. The third-order valence-electron chi connectivity index (χ3n) is 22.3. The van der Waals surface area contributed by atoms with Gasteiger partial charge < -0.3 is 102 Å². The number of nitrogens with two attached hydrogens (primary N) is 1. The van der Waals surface area contributed by atoms with Gasteiger partial charge in [0.2, 0.25) is 0 Å². The maximum atomic E-state index is 12.0.